The molecule has 1 saturated carbocycles. The van der Waals surface area contributed by atoms with Crippen molar-refractivity contribution in [2.75, 3.05) is 5.73 Å². The molecule has 0 bridgehead atoms. The molecule has 1 aromatic rings. The average molecular weight is 180 g/mol. The molecule has 1 heterocycles. The SMILES string of the molecule is CC1(C)CCC(c2cc(N)on2)C1. The number of hydrogen-bond donors (Lipinski definition) is 1. The molecule has 0 spiro atoms. The van der Waals surface area contributed by atoms with E-state index in [1.807, 2.05) is 6.07 Å². The highest BCUT2D eigenvalue weighted by atomic mass is 16.5. The van der Waals surface area contributed by atoms with E-state index in [-0.39, 0.29) is 0 Å². The zero-order chi connectivity index (χ0) is 9.47. The number of aromatic nitrogens is 1. The van der Waals surface area contributed by atoms with Gasteiger partial charge in [0.15, 0.2) is 0 Å². The lowest BCUT2D eigenvalue weighted by Gasteiger charge is -2.15. The number of nitrogens with two attached hydrogens (primary N) is 1. The van der Waals surface area contributed by atoms with Gasteiger partial charge in [0.25, 0.3) is 0 Å². The highest BCUT2D eigenvalue weighted by molar-refractivity contribution is 5.27. The molecule has 0 saturated heterocycles. The van der Waals surface area contributed by atoms with E-state index in [4.69, 9.17) is 10.3 Å². The Labute approximate surface area is 78.3 Å². The molecule has 72 valence electrons. The number of nitrogens with zero attached hydrogens (tertiary/aromatic N) is 1. The molecular formula is C10H16N2O. The maximum absolute atomic E-state index is 5.48. The summed E-state index contributed by atoms with van der Waals surface area (Å²) in [5, 5.41) is 3.96. The predicted octanol–water partition coefficient (Wildman–Crippen LogP) is 2.55. The monoisotopic (exact) mass is 180 g/mol. The molecule has 3 nitrogen and oxygen atoms in total. The molecule has 0 aromatic carbocycles. The van der Waals surface area contributed by atoms with Gasteiger partial charge in [0.05, 0.1) is 5.69 Å². The number of nitrogen functional groups attached to an aromatic ring is 1. The van der Waals surface area contributed by atoms with Gasteiger partial charge in [-0.3, -0.25) is 0 Å². The van der Waals surface area contributed by atoms with Crippen molar-refractivity contribution >= 4 is 5.88 Å². The van der Waals surface area contributed by atoms with E-state index in [0.29, 0.717) is 17.2 Å². The zero-order valence-corrected chi connectivity index (χ0v) is 8.21. The van der Waals surface area contributed by atoms with E-state index in [2.05, 4.69) is 19.0 Å². The highest BCUT2D eigenvalue weighted by Crippen LogP contribution is 2.45. The van der Waals surface area contributed by atoms with Crippen LogP contribution in [0.4, 0.5) is 5.88 Å². The van der Waals surface area contributed by atoms with Crippen molar-refractivity contribution in [3.63, 3.8) is 0 Å². The summed E-state index contributed by atoms with van der Waals surface area (Å²) >= 11 is 0. The van der Waals surface area contributed by atoms with Crippen LogP contribution in [0.3, 0.4) is 0 Å². The van der Waals surface area contributed by atoms with E-state index in [0.717, 1.165) is 5.69 Å². The van der Waals surface area contributed by atoms with Gasteiger partial charge in [0.1, 0.15) is 0 Å². The summed E-state index contributed by atoms with van der Waals surface area (Å²) in [4.78, 5) is 0. The average Bonchev–Trinajstić information content (AvgIpc) is 2.56. The van der Waals surface area contributed by atoms with Gasteiger partial charge in [-0.1, -0.05) is 19.0 Å². The van der Waals surface area contributed by atoms with Crippen LogP contribution in [-0.2, 0) is 0 Å². The first-order valence-corrected chi connectivity index (χ1v) is 4.79. The molecule has 13 heavy (non-hydrogen) atoms. The minimum absolute atomic E-state index is 0.430. The Hall–Kier alpha value is -0.990. The van der Waals surface area contributed by atoms with Gasteiger partial charge in [-0.25, -0.2) is 0 Å². The van der Waals surface area contributed by atoms with E-state index < -0.39 is 0 Å². The van der Waals surface area contributed by atoms with Gasteiger partial charge in [0, 0.05) is 12.0 Å². The lowest BCUT2D eigenvalue weighted by molar-refractivity contribution is 0.370. The fraction of sp³-hybridized carbons (Fsp3) is 0.700. The lowest BCUT2D eigenvalue weighted by Crippen LogP contribution is -2.04. The van der Waals surface area contributed by atoms with Crippen LogP contribution in [0, 0.1) is 5.41 Å². The van der Waals surface area contributed by atoms with Gasteiger partial charge >= 0.3 is 0 Å². The molecule has 0 radical (unpaired) electrons. The molecule has 0 amide bonds. The van der Waals surface area contributed by atoms with E-state index >= 15 is 0 Å². The fourth-order valence-corrected chi connectivity index (χ4v) is 2.18. The largest absolute Gasteiger partial charge is 0.368 e. The van der Waals surface area contributed by atoms with Gasteiger partial charge < -0.3 is 10.3 Å². The molecule has 1 atom stereocenters. The van der Waals surface area contributed by atoms with Crippen molar-refractivity contribution in [1.29, 1.82) is 0 Å². The summed E-state index contributed by atoms with van der Waals surface area (Å²) < 4.78 is 4.87. The summed E-state index contributed by atoms with van der Waals surface area (Å²) in [7, 11) is 0. The first-order valence-electron chi connectivity index (χ1n) is 4.79. The molecule has 3 heteroatoms. The van der Waals surface area contributed by atoms with Crippen LogP contribution in [0.5, 0.6) is 0 Å². The summed E-state index contributed by atoms with van der Waals surface area (Å²) in [5.74, 6) is 0.982. The van der Waals surface area contributed by atoms with Crippen molar-refractivity contribution in [1.82, 2.24) is 5.16 Å². The Kier molecular flexibility index (Phi) is 1.82. The quantitative estimate of drug-likeness (QED) is 0.722. The molecule has 1 aliphatic carbocycles. The standard InChI is InChI=1S/C10H16N2O/c1-10(2)4-3-7(6-10)8-5-9(11)13-12-8/h5,7H,3-4,6,11H2,1-2H3. The topological polar surface area (TPSA) is 52.0 Å². The maximum Gasteiger partial charge on any atom is 0.222 e. The first kappa shape index (κ1) is 8.60. The van der Waals surface area contributed by atoms with Gasteiger partial charge in [-0.05, 0) is 24.7 Å². The normalized spacial score (nSPS) is 26.5. The molecule has 1 unspecified atom stereocenters. The fourth-order valence-electron chi connectivity index (χ4n) is 2.18. The van der Waals surface area contributed by atoms with Crippen LogP contribution >= 0.6 is 0 Å². The number of hydrogen-bond acceptors (Lipinski definition) is 3. The predicted molar refractivity (Wildman–Crippen MR) is 51.3 cm³/mol. The smallest absolute Gasteiger partial charge is 0.222 e. The van der Waals surface area contributed by atoms with Gasteiger partial charge in [-0.2, -0.15) is 0 Å². The third kappa shape index (κ3) is 1.69. The van der Waals surface area contributed by atoms with Crippen molar-refractivity contribution in [2.24, 2.45) is 5.41 Å². The molecule has 2 rings (SSSR count). The van der Waals surface area contributed by atoms with E-state index in [1.54, 1.807) is 0 Å². The van der Waals surface area contributed by atoms with Crippen LogP contribution in [0.2, 0.25) is 0 Å². The second-order valence-electron chi connectivity index (χ2n) is 4.76. The highest BCUT2D eigenvalue weighted by Gasteiger charge is 2.33. The Morgan fingerprint density at radius 3 is 2.85 bits per heavy atom. The van der Waals surface area contributed by atoms with Crippen LogP contribution < -0.4 is 5.73 Å². The molecule has 2 N–H and O–H groups in total. The van der Waals surface area contributed by atoms with Gasteiger partial charge in [-0.15, -0.1) is 0 Å². The third-order valence-electron chi connectivity index (χ3n) is 2.93. The van der Waals surface area contributed by atoms with Crippen LogP contribution in [0.25, 0.3) is 0 Å². The summed E-state index contributed by atoms with van der Waals surface area (Å²) in [6.07, 6.45) is 3.67. The van der Waals surface area contributed by atoms with Crippen LogP contribution in [0.1, 0.15) is 44.7 Å². The molecule has 0 aliphatic heterocycles. The molecule has 1 fully saturated rings. The van der Waals surface area contributed by atoms with Crippen LogP contribution in [-0.4, -0.2) is 5.16 Å². The summed E-state index contributed by atoms with van der Waals surface area (Å²) in [5.41, 5.74) is 6.97. The second-order valence-corrected chi connectivity index (χ2v) is 4.76. The molecule has 1 aromatic heterocycles. The minimum Gasteiger partial charge on any atom is -0.368 e. The Morgan fingerprint density at radius 1 is 1.62 bits per heavy atom. The zero-order valence-electron chi connectivity index (χ0n) is 8.21. The van der Waals surface area contributed by atoms with Crippen molar-refractivity contribution in [2.45, 2.75) is 39.0 Å². The van der Waals surface area contributed by atoms with Crippen molar-refractivity contribution in [3.05, 3.63) is 11.8 Å². The van der Waals surface area contributed by atoms with E-state index in [9.17, 15) is 0 Å². The second kappa shape index (κ2) is 2.76. The number of anilines is 1. The Bertz CT molecular complexity index is 304. The first-order chi connectivity index (χ1) is 6.07. The minimum atomic E-state index is 0.430. The van der Waals surface area contributed by atoms with Crippen LogP contribution in [0.15, 0.2) is 10.6 Å². The lowest BCUT2D eigenvalue weighted by atomic mass is 9.90. The van der Waals surface area contributed by atoms with Crippen molar-refractivity contribution < 1.29 is 4.52 Å². The van der Waals surface area contributed by atoms with Crippen molar-refractivity contribution in [3.8, 4) is 0 Å². The summed E-state index contributed by atoms with van der Waals surface area (Å²) in [6.45, 7) is 4.60. The Morgan fingerprint density at radius 2 is 2.38 bits per heavy atom. The number of rotatable bonds is 1. The molecular weight excluding hydrogens is 164 g/mol. The van der Waals surface area contributed by atoms with Gasteiger partial charge in [0.2, 0.25) is 5.88 Å². The van der Waals surface area contributed by atoms with E-state index in [1.165, 1.54) is 19.3 Å². The third-order valence-corrected chi connectivity index (χ3v) is 2.93. The Balaban J connectivity index is 2.12. The summed E-state index contributed by atoms with van der Waals surface area (Å²) in [6, 6.07) is 1.85. The molecule has 1 aliphatic rings. The maximum atomic E-state index is 5.48.